The van der Waals surface area contributed by atoms with E-state index in [1.54, 1.807) is 12.2 Å². The molecule has 0 radical (unpaired) electrons. The number of fused-ring (bicyclic) bond motifs is 7. The molecule has 1 heterocycles. The van der Waals surface area contributed by atoms with Gasteiger partial charge in [-0.15, -0.1) is 0 Å². The zero-order valence-corrected chi connectivity index (χ0v) is 26.2. The molecular formula is C38H43NO6. The Morgan fingerprint density at radius 3 is 2.40 bits per heavy atom. The van der Waals surface area contributed by atoms with E-state index in [-0.39, 0.29) is 34.4 Å². The van der Waals surface area contributed by atoms with Gasteiger partial charge in [-0.1, -0.05) is 56.7 Å². The third-order valence-corrected chi connectivity index (χ3v) is 17.0. The molecule has 1 aromatic carbocycles. The Hall–Kier alpha value is -2.16. The molecule has 9 saturated carbocycles. The lowest BCUT2D eigenvalue weighted by Gasteiger charge is -3.11. The summed E-state index contributed by atoms with van der Waals surface area (Å²) in [7, 11) is 0. The number of rotatable bonds is 5. The van der Waals surface area contributed by atoms with E-state index < -0.39 is 41.5 Å². The van der Waals surface area contributed by atoms with E-state index in [4.69, 9.17) is 15.2 Å². The molecule has 11 aliphatic rings. The van der Waals surface area contributed by atoms with Crippen LogP contribution in [0.25, 0.3) is 0 Å². The van der Waals surface area contributed by atoms with Crippen molar-refractivity contribution in [2.45, 2.75) is 82.5 Å². The second kappa shape index (κ2) is 7.44. The Morgan fingerprint density at radius 1 is 1.04 bits per heavy atom. The summed E-state index contributed by atoms with van der Waals surface area (Å²) in [6, 6.07) is 8.63. The maximum absolute atomic E-state index is 13.9. The monoisotopic (exact) mass is 609 g/mol. The molecule has 0 unspecified atom stereocenters. The molecule has 7 nitrogen and oxygen atoms in total. The van der Waals surface area contributed by atoms with Crippen LogP contribution in [0.1, 0.15) is 63.9 Å². The number of ketones is 2. The molecule has 4 N–H and O–H groups in total. The highest BCUT2D eigenvalue weighted by Gasteiger charge is 3.08. The summed E-state index contributed by atoms with van der Waals surface area (Å²) < 4.78 is 13.5. The van der Waals surface area contributed by atoms with Gasteiger partial charge >= 0.3 is 0 Å². The van der Waals surface area contributed by atoms with E-state index in [0.717, 1.165) is 65.9 Å². The van der Waals surface area contributed by atoms with Crippen molar-refractivity contribution in [3.63, 3.8) is 0 Å². The summed E-state index contributed by atoms with van der Waals surface area (Å²) in [6.45, 7) is 5.89. The molecule has 10 fully saturated rings. The third kappa shape index (κ3) is 2.36. The van der Waals surface area contributed by atoms with Gasteiger partial charge in [-0.3, -0.25) is 9.59 Å². The van der Waals surface area contributed by atoms with E-state index in [2.05, 4.69) is 45.0 Å². The fourth-order valence-corrected chi connectivity index (χ4v) is 15.8. The number of hydrogen-bond acceptors (Lipinski definition) is 7. The van der Waals surface area contributed by atoms with Crippen molar-refractivity contribution in [1.29, 1.82) is 0 Å². The molecule has 0 aromatic heterocycles. The number of carbonyl (C=O) groups is 2. The standard InChI is InChI=1S/C38H43NO6/c1-33-11-9-20(41)12-19(33)8-10-34(2)22-13-24-38(23(43)16-40,35(22,3)15-21(42)31(33)34)45-32(44-24)18-6-4-17(5-7-18)14-36-25-28-26(36)30-27(36)29(25)37(28,30)39/h4-7,9,11-12,21-22,24-32,40,42H,8,10,13-16,39H2,1-3H3/t21-,22-,24+,25?,26?,27?,28?,29?,30?,31+,32+,33-,34-,35-,36?,37?,38+/m0/s1. The van der Waals surface area contributed by atoms with E-state index in [0.29, 0.717) is 18.3 Å². The first-order chi connectivity index (χ1) is 21.4. The quantitative estimate of drug-likeness (QED) is 0.466. The number of carbonyl (C=O) groups excluding carboxylic acids is 2. The smallest absolute Gasteiger partial charge is 0.193 e. The summed E-state index contributed by atoms with van der Waals surface area (Å²) in [5, 5.41) is 22.4. The fourth-order valence-electron chi connectivity index (χ4n) is 15.8. The zero-order valence-electron chi connectivity index (χ0n) is 26.2. The van der Waals surface area contributed by atoms with E-state index >= 15 is 0 Å². The molecule has 1 saturated heterocycles. The van der Waals surface area contributed by atoms with Crippen molar-refractivity contribution in [3.05, 3.63) is 59.2 Å². The van der Waals surface area contributed by atoms with Crippen LogP contribution in [0.3, 0.4) is 0 Å². The second-order valence-corrected chi connectivity index (χ2v) is 17.7. The number of aliphatic hydroxyl groups excluding tert-OH is 2. The summed E-state index contributed by atoms with van der Waals surface area (Å²) >= 11 is 0. The van der Waals surface area contributed by atoms with Gasteiger partial charge in [0.05, 0.1) is 12.2 Å². The highest BCUT2D eigenvalue weighted by Crippen LogP contribution is 3.06. The van der Waals surface area contributed by atoms with Gasteiger partial charge in [-0.2, -0.15) is 0 Å². The Labute approximate surface area is 263 Å². The van der Waals surface area contributed by atoms with Gasteiger partial charge < -0.3 is 25.4 Å². The number of nitrogens with two attached hydrogens (primary N) is 1. The largest absolute Gasteiger partial charge is 0.393 e. The molecule has 45 heavy (non-hydrogen) atoms. The number of aliphatic hydroxyl groups is 2. The van der Waals surface area contributed by atoms with Crippen LogP contribution in [-0.2, 0) is 25.5 Å². The first-order valence-electron chi connectivity index (χ1n) is 17.4. The van der Waals surface area contributed by atoms with Crippen molar-refractivity contribution in [3.8, 4) is 0 Å². The van der Waals surface area contributed by atoms with Gasteiger partial charge in [0.15, 0.2) is 23.5 Å². The Balaban J connectivity index is 0.891. The molecule has 10 aliphatic carbocycles. The average molecular weight is 610 g/mol. The Bertz CT molecular complexity index is 1640. The summed E-state index contributed by atoms with van der Waals surface area (Å²) in [5.74, 6) is 4.67. The topological polar surface area (TPSA) is 119 Å². The lowest BCUT2D eigenvalue weighted by molar-refractivity contribution is -0.620. The van der Waals surface area contributed by atoms with Crippen molar-refractivity contribution < 1.29 is 29.3 Å². The van der Waals surface area contributed by atoms with Crippen LogP contribution >= 0.6 is 0 Å². The second-order valence-electron chi connectivity index (χ2n) is 17.7. The normalized spacial score (nSPS) is 60.8. The first-order valence-corrected chi connectivity index (χ1v) is 17.4. The minimum Gasteiger partial charge on any atom is -0.393 e. The summed E-state index contributed by atoms with van der Waals surface area (Å²) in [4.78, 5) is 26.2. The zero-order chi connectivity index (χ0) is 30.8. The van der Waals surface area contributed by atoms with Gasteiger partial charge in [0, 0.05) is 27.9 Å². The summed E-state index contributed by atoms with van der Waals surface area (Å²) in [6.07, 6.45) is 7.24. The lowest BCUT2D eigenvalue weighted by atomic mass is 8.94. The lowest BCUT2D eigenvalue weighted by Crippen LogP contribution is -3.14. The Kier molecular flexibility index (Phi) is 4.44. The molecule has 7 heteroatoms. The molecule has 0 amide bonds. The van der Waals surface area contributed by atoms with Crippen molar-refractivity contribution in [2.75, 3.05) is 6.61 Å². The molecule has 236 valence electrons. The summed E-state index contributed by atoms with van der Waals surface area (Å²) in [5.41, 5.74) is 7.97. The third-order valence-electron chi connectivity index (χ3n) is 17.0. The fraction of sp³-hybridized carbons (Fsp3) is 0.684. The minimum atomic E-state index is -1.34. The van der Waals surface area contributed by atoms with Gasteiger partial charge in [0.1, 0.15) is 6.61 Å². The molecule has 12 rings (SSSR count). The van der Waals surface area contributed by atoms with Crippen molar-refractivity contribution in [1.82, 2.24) is 0 Å². The Morgan fingerprint density at radius 2 is 1.73 bits per heavy atom. The van der Waals surface area contributed by atoms with Crippen LogP contribution in [0.15, 0.2) is 48.1 Å². The molecular weight excluding hydrogens is 566 g/mol. The average Bonchev–Trinajstić information content (AvgIpc) is 3.53. The van der Waals surface area contributed by atoms with Crippen LogP contribution in [-0.4, -0.2) is 51.7 Å². The van der Waals surface area contributed by atoms with Crippen molar-refractivity contribution >= 4 is 11.6 Å². The van der Waals surface area contributed by atoms with Crippen LogP contribution in [0.2, 0.25) is 0 Å². The molecule has 1 aliphatic heterocycles. The number of Topliss-reactive ketones (excluding diaryl/α,β-unsaturated/α-hetero) is 1. The first kappa shape index (κ1) is 26.9. The van der Waals surface area contributed by atoms with E-state index in [1.165, 1.54) is 5.56 Å². The van der Waals surface area contributed by atoms with Crippen LogP contribution in [0.5, 0.6) is 0 Å². The van der Waals surface area contributed by atoms with Crippen LogP contribution < -0.4 is 5.73 Å². The number of ether oxygens (including phenoxy) is 2. The SMILES string of the molecule is C[C@@]12CCC3=CC(=O)C=C[C@]3(C)[C@H]1[C@@H](O)C[C@@]1(C)[C@H]2C[C@H]2O[C@@H](c3ccc(CC45C6C7C4C4C5C6C74N)cc3)O[C@]21C(=O)CO. The predicted molar refractivity (Wildman–Crippen MR) is 162 cm³/mol. The van der Waals surface area contributed by atoms with E-state index in [1.807, 2.05) is 6.08 Å². The maximum atomic E-state index is 13.9. The number of allylic oxidation sites excluding steroid dienone is 4. The highest BCUT2D eigenvalue weighted by atomic mass is 16.7. The van der Waals surface area contributed by atoms with Gasteiger partial charge in [0.25, 0.3) is 0 Å². The van der Waals surface area contributed by atoms with Crippen molar-refractivity contribution in [2.24, 2.45) is 74.7 Å². The maximum Gasteiger partial charge on any atom is 0.193 e. The number of hydrogen-bond donors (Lipinski definition) is 3. The molecule has 1 aromatic rings. The van der Waals surface area contributed by atoms with Gasteiger partial charge in [-0.25, -0.2) is 0 Å². The number of benzene rings is 1. The predicted octanol–water partition coefficient (Wildman–Crippen LogP) is 3.67. The minimum absolute atomic E-state index is 0.0125. The van der Waals surface area contributed by atoms with Gasteiger partial charge in [-0.05, 0) is 102 Å². The van der Waals surface area contributed by atoms with E-state index in [9.17, 15) is 19.8 Å². The highest BCUT2D eigenvalue weighted by molar-refractivity contribution is 6.01. The molecule has 0 spiro atoms. The van der Waals surface area contributed by atoms with Gasteiger partial charge in [0.2, 0.25) is 0 Å². The van der Waals surface area contributed by atoms with Crippen LogP contribution in [0, 0.1) is 69.0 Å². The van der Waals surface area contributed by atoms with Crippen LogP contribution in [0.4, 0.5) is 0 Å². The molecule has 0 bridgehead atoms. The molecule has 9 atom stereocenters.